The summed E-state index contributed by atoms with van der Waals surface area (Å²) in [5, 5.41) is 13.0. The first kappa shape index (κ1) is 13.6. The van der Waals surface area contributed by atoms with E-state index in [4.69, 9.17) is 9.15 Å². The van der Waals surface area contributed by atoms with Crippen LogP contribution in [0.1, 0.15) is 23.2 Å². The summed E-state index contributed by atoms with van der Waals surface area (Å²) in [5.74, 6) is -0.433. The molecule has 2 aromatic rings. The lowest BCUT2D eigenvalue weighted by Gasteiger charge is -1.96. The van der Waals surface area contributed by atoms with Gasteiger partial charge >= 0.3 is 11.9 Å². The van der Waals surface area contributed by atoms with Crippen LogP contribution in [0.3, 0.4) is 0 Å². The van der Waals surface area contributed by atoms with Crippen molar-refractivity contribution in [1.82, 2.24) is 10.4 Å². The summed E-state index contributed by atoms with van der Waals surface area (Å²) < 4.78 is 10.1. The molecular weight excluding hydrogens is 262 g/mol. The fraction of sp³-hybridized carbons (Fsp3) is 0.154. The van der Waals surface area contributed by atoms with Crippen molar-refractivity contribution in [3.63, 3.8) is 0 Å². The van der Waals surface area contributed by atoms with Crippen LogP contribution >= 0.6 is 0 Å². The van der Waals surface area contributed by atoms with E-state index in [1.54, 1.807) is 19.1 Å². The number of nitrogens with one attached hydrogen (secondary N) is 1. The van der Waals surface area contributed by atoms with Crippen LogP contribution in [0.4, 0.5) is 0 Å². The number of benzene rings is 1. The summed E-state index contributed by atoms with van der Waals surface area (Å²) in [6.45, 7) is 2.22. The first-order valence-electron chi connectivity index (χ1n) is 5.90. The Morgan fingerprint density at radius 2 is 2.45 bits per heavy atom. The van der Waals surface area contributed by atoms with E-state index in [0.717, 1.165) is 0 Å². The van der Waals surface area contributed by atoms with E-state index < -0.39 is 5.91 Å². The molecule has 0 bridgehead atoms. The van der Waals surface area contributed by atoms with Crippen molar-refractivity contribution in [2.24, 2.45) is 5.10 Å². The summed E-state index contributed by atoms with van der Waals surface area (Å²) in [5.41, 5.74) is 2.91. The van der Waals surface area contributed by atoms with Crippen LogP contribution in [-0.2, 0) is 0 Å². The Morgan fingerprint density at radius 3 is 3.20 bits per heavy atom. The summed E-state index contributed by atoms with van der Waals surface area (Å²) in [4.78, 5) is 15.4. The van der Waals surface area contributed by atoms with Crippen molar-refractivity contribution < 1.29 is 19.1 Å². The molecular formula is C13H13N3O4. The molecule has 1 aromatic carbocycles. The number of aromatic hydroxyl groups is 1. The van der Waals surface area contributed by atoms with Gasteiger partial charge in [0.1, 0.15) is 11.9 Å². The molecule has 7 heteroatoms. The quantitative estimate of drug-likeness (QED) is 0.637. The van der Waals surface area contributed by atoms with Gasteiger partial charge in [0.2, 0.25) is 0 Å². The van der Waals surface area contributed by atoms with Crippen LogP contribution in [0, 0.1) is 0 Å². The van der Waals surface area contributed by atoms with Gasteiger partial charge in [0, 0.05) is 0 Å². The highest BCUT2D eigenvalue weighted by Crippen LogP contribution is 2.12. The Bertz CT molecular complexity index is 622. The Labute approximate surface area is 114 Å². The van der Waals surface area contributed by atoms with Gasteiger partial charge in [-0.05, 0) is 24.6 Å². The average molecular weight is 275 g/mol. The smallest absolute Gasteiger partial charge is 0.327 e. The molecule has 2 N–H and O–H groups in total. The maximum absolute atomic E-state index is 11.6. The maximum atomic E-state index is 11.6. The van der Waals surface area contributed by atoms with Gasteiger partial charge in [-0.25, -0.2) is 10.4 Å². The third kappa shape index (κ3) is 3.58. The van der Waals surface area contributed by atoms with Crippen molar-refractivity contribution in [2.45, 2.75) is 6.92 Å². The minimum Gasteiger partial charge on any atom is -0.508 e. The standard InChI is InChI=1S/C13H13N3O4/c1-2-19-11-8-14-13(20-11)12(18)16-15-7-9-4-3-5-10(17)6-9/h3-8,17H,2H2,1H3,(H,16,18)/b15-7+. The van der Waals surface area contributed by atoms with Crippen molar-refractivity contribution in [3.05, 3.63) is 41.9 Å². The molecule has 0 fully saturated rings. The van der Waals surface area contributed by atoms with Crippen LogP contribution in [0.25, 0.3) is 0 Å². The minimum atomic E-state index is -0.590. The van der Waals surface area contributed by atoms with E-state index in [9.17, 15) is 9.90 Å². The van der Waals surface area contributed by atoms with Gasteiger partial charge < -0.3 is 14.3 Å². The van der Waals surface area contributed by atoms with Gasteiger partial charge in [0.15, 0.2) is 0 Å². The van der Waals surface area contributed by atoms with Gasteiger partial charge in [0.05, 0.1) is 12.8 Å². The number of carbonyl (C=O) groups excluding carboxylic acids is 1. The van der Waals surface area contributed by atoms with Crippen LogP contribution < -0.4 is 10.2 Å². The van der Waals surface area contributed by atoms with Crippen molar-refractivity contribution in [3.8, 4) is 11.7 Å². The number of carbonyl (C=O) groups is 1. The second-order valence-electron chi connectivity index (χ2n) is 3.71. The predicted octanol–water partition coefficient (Wildman–Crippen LogP) is 1.54. The molecule has 7 nitrogen and oxygen atoms in total. The zero-order valence-electron chi connectivity index (χ0n) is 10.7. The number of hydrogen-bond acceptors (Lipinski definition) is 6. The van der Waals surface area contributed by atoms with Crippen LogP contribution in [0.5, 0.6) is 11.7 Å². The fourth-order valence-corrected chi connectivity index (χ4v) is 1.39. The Kier molecular flexibility index (Phi) is 4.33. The molecule has 0 unspecified atom stereocenters. The van der Waals surface area contributed by atoms with Crippen molar-refractivity contribution in [2.75, 3.05) is 6.61 Å². The molecule has 1 heterocycles. The lowest BCUT2D eigenvalue weighted by molar-refractivity contribution is 0.0912. The number of rotatable bonds is 5. The lowest BCUT2D eigenvalue weighted by atomic mass is 10.2. The molecule has 0 saturated heterocycles. The van der Waals surface area contributed by atoms with E-state index in [2.05, 4.69) is 15.5 Å². The predicted molar refractivity (Wildman–Crippen MR) is 70.8 cm³/mol. The van der Waals surface area contributed by atoms with Crippen LogP contribution in [-0.4, -0.2) is 28.8 Å². The summed E-state index contributed by atoms with van der Waals surface area (Å²) >= 11 is 0. The molecule has 0 radical (unpaired) electrons. The van der Waals surface area contributed by atoms with Gasteiger partial charge in [-0.3, -0.25) is 4.79 Å². The van der Waals surface area contributed by atoms with E-state index >= 15 is 0 Å². The Balaban J connectivity index is 1.94. The number of aromatic nitrogens is 1. The Morgan fingerprint density at radius 1 is 1.60 bits per heavy atom. The van der Waals surface area contributed by atoms with Crippen LogP contribution in [0.2, 0.25) is 0 Å². The fourth-order valence-electron chi connectivity index (χ4n) is 1.39. The normalized spacial score (nSPS) is 10.7. The number of hydrogen-bond donors (Lipinski definition) is 2. The van der Waals surface area contributed by atoms with E-state index in [-0.39, 0.29) is 17.6 Å². The number of phenols is 1. The number of hydrazone groups is 1. The second kappa shape index (κ2) is 6.37. The molecule has 2 rings (SSSR count). The number of phenolic OH excluding ortho intramolecular Hbond substituents is 1. The van der Waals surface area contributed by atoms with Gasteiger partial charge in [-0.1, -0.05) is 12.1 Å². The third-order valence-electron chi connectivity index (χ3n) is 2.22. The van der Waals surface area contributed by atoms with Gasteiger partial charge in [-0.15, -0.1) is 0 Å². The molecule has 0 aliphatic rings. The van der Waals surface area contributed by atoms with Gasteiger partial charge in [0.25, 0.3) is 5.89 Å². The van der Waals surface area contributed by atoms with Crippen molar-refractivity contribution in [1.29, 1.82) is 0 Å². The largest absolute Gasteiger partial charge is 0.508 e. The van der Waals surface area contributed by atoms with E-state index in [1.807, 2.05) is 0 Å². The van der Waals surface area contributed by atoms with Crippen molar-refractivity contribution >= 4 is 12.1 Å². The van der Waals surface area contributed by atoms with E-state index in [1.165, 1.54) is 24.5 Å². The number of ether oxygens (including phenoxy) is 1. The highest BCUT2D eigenvalue weighted by molar-refractivity contribution is 5.90. The number of nitrogens with zero attached hydrogens (tertiary/aromatic N) is 2. The zero-order chi connectivity index (χ0) is 14.4. The molecule has 0 atom stereocenters. The highest BCUT2D eigenvalue weighted by Gasteiger charge is 2.12. The third-order valence-corrected chi connectivity index (χ3v) is 2.22. The summed E-state index contributed by atoms with van der Waals surface area (Å²) in [7, 11) is 0. The average Bonchev–Trinajstić information content (AvgIpc) is 2.88. The highest BCUT2D eigenvalue weighted by atomic mass is 16.6. The minimum absolute atomic E-state index is 0.120. The molecule has 1 aromatic heterocycles. The maximum Gasteiger partial charge on any atom is 0.327 e. The molecule has 0 aliphatic heterocycles. The molecule has 1 amide bonds. The van der Waals surface area contributed by atoms with Gasteiger partial charge in [-0.2, -0.15) is 5.10 Å². The summed E-state index contributed by atoms with van der Waals surface area (Å²) in [6.07, 6.45) is 2.71. The first-order chi connectivity index (χ1) is 9.69. The lowest BCUT2D eigenvalue weighted by Crippen LogP contribution is -2.17. The number of oxazole rings is 1. The topological polar surface area (TPSA) is 97.0 Å². The number of amides is 1. The summed E-state index contributed by atoms with van der Waals surface area (Å²) in [6, 6.07) is 6.45. The SMILES string of the molecule is CCOc1cnc(C(=O)N/N=C/c2cccc(O)c2)o1. The zero-order valence-corrected chi connectivity index (χ0v) is 10.7. The Hall–Kier alpha value is -2.83. The first-order valence-corrected chi connectivity index (χ1v) is 5.90. The van der Waals surface area contributed by atoms with Crippen LogP contribution in [0.15, 0.2) is 40.0 Å². The molecule has 104 valence electrons. The second-order valence-corrected chi connectivity index (χ2v) is 3.71. The molecule has 20 heavy (non-hydrogen) atoms. The molecule has 0 saturated carbocycles. The molecule has 0 aliphatic carbocycles. The monoisotopic (exact) mass is 275 g/mol. The molecule has 0 spiro atoms. The van der Waals surface area contributed by atoms with E-state index in [0.29, 0.717) is 12.2 Å².